The molecule has 0 bridgehead atoms. The van der Waals surface area contributed by atoms with Crippen LogP contribution in [-0.4, -0.2) is 10.9 Å². The summed E-state index contributed by atoms with van der Waals surface area (Å²) in [6, 6.07) is 17.2. The average Bonchev–Trinajstić information content (AvgIpc) is 2.53. The third-order valence-corrected chi connectivity index (χ3v) is 3.20. The third-order valence-electron chi connectivity index (χ3n) is 3.20. The van der Waals surface area contributed by atoms with Gasteiger partial charge in [-0.2, -0.15) is 0 Å². The molecule has 0 aliphatic heterocycles. The maximum absolute atomic E-state index is 12.8. The Morgan fingerprint density at radius 2 is 1.76 bits per heavy atom. The maximum Gasteiger partial charge on any atom is 0.270 e. The van der Waals surface area contributed by atoms with Gasteiger partial charge in [-0.1, -0.05) is 36.4 Å². The van der Waals surface area contributed by atoms with E-state index in [1.807, 2.05) is 30.3 Å². The summed E-state index contributed by atoms with van der Waals surface area (Å²) in [7, 11) is 0. The minimum absolute atomic E-state index is 0.245. The van der Waals surface area contributed by atoms with Crippen molar-refractivity contribution >= 4 is 16.8 Å². The molecule has 3 nitrogen and oxygen atoms in total. The highest BCUT2D eigenvalue weighted by molar-refractivity contribution is 5.94. The van der Waals surface area contributed by atoms with Crippen LogP contribution in [0.5, 0.6) is 0 Å². The minimum Gasteiger partial charge on any atom is -0.347 e. The number of halogens is 1. The summed E-state index contributed by atoms with van der Waals surface area (Å²) in [5, 5.41) is 3.77. The number of nitrogens with zero attached hydrogens (tertiary/aromatic N) is 1. The minimum atomic E-state index is -0.290. The smallest absolute Gasteiger partial charge is 0.270 e. The van der Waals surface area contributed by atoms with E-state index >= 15 is 0 Å². The number of aromatic nitrogens is 1. The van der Waals surface area contributed by atoms with Crippen molar-refractivity contribution in [3.63, 3.8) is 0 Å². The van der Waals surface area contributed by atoms with Gasteiger partial charge in [-0.3, -0.25) is 4.79 Å². The highest BCUT2D eigenvalue weighted by Crippen LogP contribution is 2.12. The standard InChI is InChI=1S/C17H13FN2O/c18-14-8-5-12(6-9-14)11-19-17(21)16-10-7-13-3-1-2-4-15(13)20-16/h1-10H,11H2,(H,19,21). The quantitative estimate of drug-likeness (QED) is 0.799. The molecular formula is C17H13FN2O. The van der Waals surface area contributed by atoms with E-state index in [0.29, 0.717) is 12.2 Å². The molecule has 21 heavy (non-hydrogen) atoms. The zero-order valence-corrected chi connectivity index (χ0v) is 11.2. The summed E-state index contributed by atoms with van der Waals surface area (Å²) < 4.78 is 12.8. The number of hydrogen-bond acceptors (Lipinski definition) is 2. The van der Waals surface area contributed by atoms with Gasteiger partial charge in [-0.15, -0.1) is 0 Å². The molecule has 0 unspecified atom stereocenters. The van der Waals surface area contributed by atoms with Crippen LogP contribution in [0.2, 0.25) is 0 Å². The molecule has 2 aromatic carbocycles. The third kappa shape index (κ3) is 3.05. The van der Waals surface area contributed by atoms with Crippen molar-refractivity contribution in [1.82, 2.24) is 10.3 Å². The van der Waals surface area contributed by atoms with Crippen LogP contribution in [-0.2, 0) is 6.54 Å². The van der Waals surface area contributed by atoms with Crippen molar-refractivity contribution in [1.29, 1.82) is 0 Å². The molecule has 1 aromatic heterocycles. The number of hydrogen-bond donors (Lipinski definition) is 1. The molecule has 1 amide bonds. The first kappa shape index (κ1) is 13.2. The molecule has 0 atom stereocenters. The monoisotopic (exact) mass is 280 g/mol. The molecule has 0 aliphatic rings. The number of fused-ring (bicyclic) bond motifs is 1. The largest absolute Gasteiger partial charge is 0.347 e. The molecule has 3 aromatic rings. The lowest BCUT2D eigenvalue weighted by Crippen LogP contribution is -2.23. The normalized spacial score (nSPS) is 10.5. The molecule has 1 heterocycles. The van der Waals surface area contributed by atoms with E-state index in [9.17, 15) is 9.18 Å². The van der Waals surface area contributed by atoms with Crippen LogP contribution in [0.4, 0.5) is 4.39 Å². The second-order valence-electron chi connectivity index (χ2n) is 4.70. The van der Waals surface area contributed by atoms with Gasteiger partial charge in [0.1, 0.15) is 11.5 Å². The molecule has 0 fully saturated rings. The predicted octanol–water partition coefficient (Wildman–Crippen LogP) is 3.30. The first-order chi connectivity index (χ1) is 10.2. The number of carbonyl (C=O) groups excluding carboxylic acids is 1. The second kappa shape index (κ2) is 5.71. The maximum atomic E-state index is 12.8. The van der Waals surface area contributed by atoms with Gasteiger partial charge >= 0.3 is 0 Å². The molecule has 0 spiro atoms. The Morgan fingerprint density at radius 3 is 2.57 bits per heavy atom. The van der Waals surface area contributed by atoms with Crippen LogP contribution >= 0.6 is 0 Å². The van der Waals surface area contributed by atoms with Crippen LogP contribution in [0.1, 0.15) is 16.1 Å². The topological polar surface area (TPSA) is 42.0 Å². The Balaban J connectivity index is 1.73. The average molecular weight is 280 g/mol. The highest BCUT2D eigenvalue weighted by atomic mass is 19.1. The molecule has 0 saturated carbocycles. The summed E-state index contributed by atoms with van der Waals surface area (Å²) in [4.78, 5) is 16.4. The van der Waals surface area contributed by atoms with Gasteiger partial charge in [0.25, 0.3) is 5.91 Å². The number of carbonyl (C=O) groups is 1. The van der Waals surface area contributed by atoms with Crippen LogP contribution in [0.3, 0.4) is 0 Å². The molecule has 1 N–H and O–H groups in total. The zero-order valence-electron chi connectivity index (χ0n) is 11.2. The first-order valence-electron chi connectivity index (χ1n) is 6.61. The van der Waals surface area contributed by atoms with Crippen LogP contribution in [0.15, 0.2) is 60.7 Å². The van der Waals surface area contributed by atoms with E-state index in [2.05, 4.69) is 10.3 Å². The van der Waals surface area contributed by atoms with Crippen LogP contribution < -0.4 is 5.32 Å². The van der Waals surface area contributed by atoms with E-state index < -0.39 is 0 Å². The van der Waals surface area contributed by atoms with Crippen molar-refractivity contribution in [2.45, 2.75) is 6.54 Å². The van der Waals surface area contributed by atoms with E-state index in [1.165, 1.54) is 12.1 Å². The lowest BCUT2D eigenvalue weighted by atomic mass is 10.2. The summed E-state index contributed by atoms with van der Waals surface area (Å²) >= 11 is 0. The summed E-state index contributed by atoms with van der Waals surface area (Å²) in [6.45, 7) is 0.341. The van der Waals surface area contributed by atoms with Crippen molar-refractivity contribution in [3.8, 4) is 0 Å². The summed E-state index contributed by atoms with van der Waals surface area (Å²) in [5.74, 6) is -0.536. The van der Waals surface area contributed by atoms with E-state index in [-0.39, 0.29) is 11.7 Å². The number of rotatable bonds is 3. The fourth-order valence-electron chi connectivity index (χ4n) is 2.07. The Morgan fingerprint density at radius 1 is 1.00 bits per heavy atom. The van der Waals surface area contributed by atoms with Gasteiger partial charge in [0.2, 0.25) is 0 Å². The van der Waals surface area contributed by atoms with Crippen molar-refractivity contribution in [2.75, 3.05) is 0 Å². The molecule has 0 radical (unpaired) electrons. The van der Waals surface area contributed by atoms with E-state index in [4.69, 9.17) is 0 Å². The van der Waals surface area contributed by atoms with Crippen molar-refractivity contribution < 1.29 is 9.18 Å². The molecular weight excluding hydrogens is 267 g/mol. The van der Waals surface area contributed by atoms with Gasteiger partial charge in [-0.05, 0) is 29.8 Å². The number of nitrogens with one attached hydrogen (secondary N) is 1. The zero-order chi connectivity index (χ0) is 14.7. The number of amides is 1. The summed E-state index contributed by atoms with van der Waals surface area (Å²) in [6.07, 6.45) is 0. The SMILES string of the molecule is O=C(NCc1ccc(F)cc1)c1ccc2ccccc2n1. The number of pyridine rings is 1. The Bertz CT molecular complexity index is 784. The fourth-order valence-corrected chi connectivity index (χ4v) is 2.07. The predicted molar refractivity (Wildman–Crippen MR) is 79.3 cm³/mol. The van der Waals surface area contributed by atoms with Gasteiger partial charge < -0.3 is 5.32 Å². The van der Waals surface area contributed by atoms with Gasteiger partial charge in [0, 0.05) is 11.9 Å². The van der Waals surface area contributed by atoms with Crippen LogP contribution in [0.25, 0.3) is 10.9 Å². The van der Waals surface area contributed by atoms with E-state index in [0.717, 1.165) is 16.5 Å². The van der Waals surface area contributed by atoms with Crippen LogP contribution in [0, 0.1) is 5.82 Å². The lowest BCUT2D eigenvalue weighted by Gasteiger charge is -2.06. The van der Waals surface area contributed by atoms with Gasteiger partial charge in [0.05, 0.1) is 5.52 Å². The Kier molecular flexibility index (Phi) is 3.60. The molecule has 0 saturated heterocycles. The Labute approximate surface area is 121 Å². The summed E-state index contributed by atoms with van der Waals surface area (Å²) in [5.41, 5.74) is 1.99. The first-order valence-corrected chi connectivity index (χ1v) is 6.61. The Hall–Kier alpha value is -2.75. The highest BCUT2D eigenvalue weighted by Gasteiger charge is 2.07. The molecule has 3 rings (SSSR count). The number of benzene rings is 2. The van der Waals surface area contributed by atoms with Crippen molar-refractivity contribution in [3.05, 3.63) is 77.7 Å². The number of para-hydroxylation sites is 1. The fraction of sp³-hybridized carbons (Fsp3) is 0.0588. The van der Waals surface area contributed by atoms with Crippen molar-refractivity contribution in [2.24, 2.45) is 0 Å². The lowest BCUT2D eigenvalue weighted by molar-refractivity contribution is 0.0946. The molecule has 0 aliphatic carbocycles. The molecule has 4 heteroatoms. The van der Waals surface area contributed by atoms with Gasteiger partial charge in [-0.25, -0.2) is 9.37 Å². The van der Waals surface area contributed by atoms with Gasteiger partial charge in [0.15, 0.2) is 0 Å². The van der Waals surface area contributed by atoms with E-state index in [1.54, 1.807) is 18.2 Å². The second-order valence-corrected chi connectivity index (χ2v) is 4.70. The molecule has 104 valence electrons.